The van der Waals surface area contributed by atoms with Crippen molar-refractivity contribution in [2.75, 3.05) is 33.3 Å². The van der Waals surface area contributed by atoms with Crippen molar-refractivity contribution in [3.63, 3.8) is 0 Å². The molecule has 1 amide bonds. The van der Waals surface area contributed by atoms with Gasteiger partial charge in [0.25, 0.3) is 5.91 Å². The van der Waals surface area contributed by atoms with Gasteiger partial charge in [0.2, 0.25) is 0 Å². The van der Waals surface area contributed by atoms with Crippen LogP contribution in [0.4, 0.5) is 0 Å². The maximum Gasteiger partial charge on any atom is 0.264 e. The maximum atomic E-state index is 13.1. The Hall–Kier alpha value is -2.63. The highest BCUT2D eigenvalue weighted by Crippen LogP contribution is 2.32. The van der Waals surface area contributed by atoms with Crippen molar-refractivity contribution in [1.82, 2.24) is 9.80 Å². The first kappa shape index (κ1) is 19.7. The summed E-state index contributed by atoms with van der Waals surface area (Å²) in [7, 11) is 1.67. The first-order chi connectivity index (χ1) is 14.1. The summed E-state index contributed by atoms with van der Waals surface area (Å²) in [5.41, 5.74) is 3.57. The van der Waals surface area contributed by atoms with E-state index in [1.165, 1.54) is 10.4 Å². The summed E-state index contributed by atoms with van der Waals surface area (Å²) in [5, 5.41) is 0. The monoisotopic (exact) mass is 406 g/mol. The zero-order valence-electron chi connectivity index (χ0n) is 16.9. The zero-order chi connectivity index (χ0) is 20.2. The number of carbonyl (C=O) groups excluding carboxylic acids is 1. The van der Waals surface area contributed by atoms with Gasteiger partial charge in [-0.1, -0.05) is 42.5 Å². The molecule has 29 heavy (non-hydrogen) atoms. The number of rotatable bonds is 5. The highest BCUT2D eigenvalue weighted by molar-refractivity contribution is 7.14. The minimum absolute atomic E-state index is 0.150. The minimum atomic E-state index is 0.150. The van der Waals surface area contributed by atoms with E-state index in [0.717, 1.165) is 54.5 Å². The van der Waals surface area contributed by atoms with E-state index < -0.39 is 0 Å². The highest BCUT2D eigenvalue weighted by atomic mass is 32.1. The molecule has 0 unspecified atom stereocenters. The summed E-state index contributed by atoms with van der Waals surface area (Å²) in [4.78, 5) is 19.5. The molecule has 4 rings (SSSR count). The molecule has 0 radical (unpaired) electrons. The Kier molecular flexibility index (Phi) is 5.97. The van der Waals surface area contributed by atoms with Crippen molar-refractivity contribution < 1.29 is 9.53 Å². The second kappa shape index (κ2) is 8.80. The molecule has 0 saturated carbocycles. The third-order valence-corrected chi connectivity index (χ3v) is 6.48. The third kappa shape index (κ3) is 4.52. The van der Waals surface area contributed by atoms with Crippen LogP contribution in [0.1, 0.15) is 20.1 Å². The number of benzene rings is 2. The van der Waals surface area contributed by atoms with Crippen LogP contribution in [0.5, 0.6) is 5.75 Å². The molecule has 2 aromatic carbocycles. The van der Waals surface area contributed by atoms with E-state index >= 15 is 0 Å². The number of thiophene rings is 1. The lowest BCUT2D eigenvalue weighted by Crippen LogP contribution is -2.48. The fraction of sp³-hybridized carbons (Fsp3) is 0.292. The molecule has 1 saturated heterocycles. The topological polar surface area (TPSA) is 32.8 Å². The average Bonchev–Trinajstić information content (AvgIpc) is 3.16. The third-order valence-electron chi connectivity index (χ3n) is 5.44. The van der Waals surface area contributed by atoms with Gasteiger partial charge in [-0.25, -0.2) is 0 Å². The molecule has 0 bridgehead atoms. The predicted molar refractivity (Wildman–Crippen MR) is 119 cm³/mol. The number of hydrogen-bond donors (Lipinski definition) is 0. The molecule has 0 N–H and O–H groups in total. The summed E-state index contributed by atoms with van der Waals surface area (Å²) < 4.78 is 5.24. The smallest absolute Gasteiger partial charge is 0.264 e. The van der Waals surface area contributed by atoms with Crippen molar-refractivity contribution in [3.05, 3.63) is 76.0 Å². The zero-order valence-corrected chi connectivity index (χ0v) is 17.7. The molecule has 150 valence electrons. The molecule has 1 fully saturated rings. The number of carbonyl (C=O) groups is 1. The second-order valence-electron chi connectivity index (χ2n) is 7.36. The van der Waals surface area contributed by atoms with Crippen LogP contribution in [0.15, 0.2) is 60.7 Å². The van der Waals surface area contributed by atoms with E-state index in [1.54, 1.807) is 18.4 Å². The van der Waals surface area contributed by atoms with E-state index in [2.05, 4.69) is 36.1 Å². The Labute approximate surface area is 176 Å². The highest BCUT2D eigenvalue weighted by Gasteiger charge is 2.24. The summed E-state index contributed by atoms with van der Waals surface area (Å²) >= 11 is 1.59. The summed E-state index contributed by atoms with van der Waals surface area (Å²) in [6.07, 6.45) is 0. The number of amides is 1. The molecular formula is C24H26N2O2S. The molecule has 2 heterocycles. The maximum absolute atomic E-state index is 13.1. The van der Waals surface area contributed by atoms with Crippen molar-refractivity contribution in [2.24, 2.45) is 0 Å². The Bertz CT molecular complexity index is 958. The molecule has 1 aliphatic rings. The lowest BCUT2D eigenvalue weighted by Gasteiger charge is -2.34. The first-order valence-corrected chi connectivity index (χ1v) is 10.8. The number of ether oxygens (including phenoxy) is 1. The van der Waals surface area contributed by atoms with Gasteiger partial charge >= 0.3 is 0 Å². The van der Waals surface area contributed by atoms with Gasteiger partial charge in [-0.05, 0) is 41.8 Å². The summed E-state index contributed by atoms with van der Waals surface area (Å²) in [6, 6.07) is 20.6. The normalized spacial score (nSPS) is 14.8. The van der Waals surface area contributed by atoms with E-state index in [9.17, 15) is 4.79 Å². The van der Waals surface area contributed by atoms with Gasteiger partial charge in [0, 0.05) is 37.6 Å². The van der Waals surface area contributed by atoms with Crippen LogP contribution in [0.25, 0.3) is 11.1 Å². The number of nitrogens with zero attached hydrogens (tertiary/aromatic N) is 2. The van der Waals surface area contributed by atoms with Crippen LogP contribution >= 0.6 is 11.3 Å². The van der Waals surface area contributed by atoms with Gasteiger partial charge in [0.05, 0.1) is 12.0 Å². The number of methoxy groups -OCH3 is 1. The molecule has 0 aliphatic carbocycles. The predicted octanol–water partition coefficient (Wildman–Crippen LogP) is 4.69. The summed E-state index contributed by atoms with van der Waals surface area (Å²) in [6.45, 7) is 6.41. The lowest BCUT2D eigenvalue weighted by atomic mass is 10.1. The lowest BCUT2D eigenvalue weighted by molar-refractivity contribution is 0.0633. The van der Waals surface area contributed by atoms with Crippen LogP contribution < -0.4 is 4.74 Å². The minimum Gasteiger partial charge on any atom is -0.497 e. The molecule has 1 aliphatic heterocycles. The molecule has 4 nitrogen and oxygen atoms in total. The Morgan fingerprint density at radius 3 is 2.34 bits per heavy atom. The fourth-order valence-electron chi connectivity index (χ4n) is 3.75. The first-order valence-electron chi connectivity index (χ1n) is 9.94. The summed E-state index contributed by atoms with van der Waals surface area (Å²) in [5.74, 6) is 0.989. The second-order valence-corrected chi connectivity index (χ2v) is 8.62. The van der Waals surface area contributed by atoms with Gasteiger partial charge in [0.1, 0.15) is 5.75 Å². The SMILES string of the molecule is COc1ccc(-c2cc(C(=O)N3CCN(Cc4ccccc4)CC3)sc2C)cc1. The number of hydrogen-bond acceptors (Lipinski definition) is 4. The van der Waals surface area contributed by atoms with Gasteiger partial charge in [-0.3, -0.25) is 9.69 Å². The van der Waals surface area contributed by atoms with E-state index in [0.29, 0.717) is 0 Å². The Balaban J connectivity index is 1.40. The van der Waals surface area contributed by atoms with Gasteiger partial charge in [-0.15, -0.1) is 11.3 Å². The van der Waals surface area contributed by atoms with Crippen molar-refractivity contribution in [3.8, 4) is 16.9 Å². The molecular weight excluding hydrogens is 380 g/mol. The van der Waals surface area contributed by atoms with Gasteiger partial charge in [-0.2, -0.15) is 0 Å². The molecule has 5 heteroatoms. The fourth-order valence-corrected chi connectivity index (χ4v) is 4.76. The average molecular weight is 407 g/mol. The number of piperazine rings is 1. The van der Waals surface area contributed by atoms with E-state index in [4.69, 9.17) is 4.74 Å². The molecule has 0 atom stereocenters. The van der Waals surface area contributed by atoms with Crippen LogP contribution in [-0.2, 0) is 6.54 Å². The largest absolute Gasteiger partial charge is 0.497 e. The van der Waals surface area contributed by atoms with Crippen LogP contribution in [0.3, 0.4) is 0 Å². The molecule has 1 aromatic heterocycles. The Morgan fingerprint density at radius 2 is 1.69 bits per heavy atom. The van der Waals surface area contributed by atoms with Crippen molar-refractivity contribution >= 4 is 17.2 Å². The van der Waals surface area contributed by atoms with Crippen LogP contribution in [0.2, 0.25) is 0 Å². The van der Waals surface area contributed by atoms with Crippen molar-refractivity contribution in [2.45, 2.75) is 13.5 Å². The van der Waals surface area contributed by atoms with Crippen LogP contribution in [0, 0.1) is 6.92 Å². The van der Waals surface area contributed by atoms with Gasteiger partial charge in [0.15, 0.2) is 0 Å². The molecule has 0 spiro atoms. The quantitative estimate of drug-likeness (QED) is 0.616. The Morgan fingerprint density at radius 1 is 1.00 bits per heavy atom. The number of aryl methyl sites for hydroxylation is 1. The standard InChI is InChI=1S/C24H26N2O2S/c1-18-22(20-8-10-21(28-2)11-9-20)16-23(29-18)24(27)26-14-12-25(13-15-26)17-19-6-4-3-5-7-19/h3-11,16H,12-15,17H2,1-2H3. The molecule has 3 aromatic rings. The van der Waals surface area contributed by atoms with Crippen LogP contribution in [-0.4, -0.2) is 49.0 Å². The van der Waals surface area contributed by atoms with E-state index in [-0.39, 0.29) is 5.91 Å². The van der Waals surface area contributed by atoms with Crippen molar-refractivity contribution in [1.29, 1.82) is 0 Å². The van der Waals surface area contributed by atoms with Gasteiger partial charge < -0.3 is 9.64 Å². The van der Waals surface area contributed by atoms with E-state index in [1.807, 2.05) is 41.3 Å².